The summed E-state index contributed by atoms with van der Waals surface area (Å²) in [6, 6.07) is 5.04. The number of nitrogen functional groups attached to an aromatic ring is 1. The van der Waals surface area contributed by atoms with Crippen molar-refractivity contribution in [3.05, 3.63) is 24.0 Å². The predicted molar refractivity (Wildman–Crippen MR) is 66.0 cm³/mol. The Labute approximate surface area is 96.2 Å². The summed E-state index contributed by atoms with van der Waals surface area (Å²) in [5.41, 5.74) is 7.19. The smallest absolute Gasteiger partial charge is 0.148 e. The van der Waals surface area contributed by atoms with Gasteiger partial charge in [-0.15, -0.1) is 0 Å². The van der Waals surface area contributed by atoms with Gasteiger partial charge in [-0.1, -0.05) is 19.9 Å². The third-order valence-electron chi connectivity index (χ3n) is 3.27. The first kappa shape index (κ1) is 11.2. The molecule has 3 heteroatoms. The molecule has 0 amide bonds. The van der Waals surface area contributed by atoms with E-state index in [0.29, 0.717) is 0 Å². The molecule has 0 saturated carbocycles. The van der Waals surface area contributed by atoms with Crippen LogP contribution < -0.4 is 10.6 Å². The summed E-state index contributed by atoms with van der Waals surface area (Å²) < 4.78 is 13.4. The van der Waals surface area contributed by atoms with Gasteiger partial charge in [0.05, 0.1) is 11.4 Å². The standard InChI is InChI=1S/C13H19FN2/c1-13(2)7-4-8-16(9-13)11-6-3-5-10(14)12(11)15/h3,5-6H,4,7-9,15H2,1-2H3. The second-order valence-corrected chi connectivity index (χ2v) is 5.36. The lowest BCUT2D eigenvalue weighted by Gasteiger charge is -2.39. The molecule has 1 aromatic carbocycles. The van der Waals surface area contributed by atoms with E-state index in [1.54, 1.807) is 6.07 Å². The SMILES string of the molecule is CC1(C)CCCN(c2cccc(F)c2N)C1. The van der Waals surface area contributed by atoms with Gasteiger partial charge in [-0.3, -0.25) is 0 Å². The monoisotopic (exact) mass is 222 g/mol. The summed E-state index contributed by atoms with van der Waals surface area (Å²) in [6.07, 6.45) is 2.36. The Morgan fingerprint density at radius 1 is 1.38 bits per heavy atom. The van der Waals surface area contributed by atoms with Gasteiger partial charge in [-0.25, -0.2) is 4.39 Å². The van der Waals surface area contributed by atoms with E-state index in [9.17, 15) is 4.39 Å². The number of anilines is 2. The van der Waals surface area contributed by atoms with Crippen LogP contribution in [0.5, 0.6) is 0 Å². The van der Waals surface area contributed by atoms with E-state index in [2.05, 4.69) is 18.7 Å². The van der Waals surface area contributed by atoms with E-state index in [4.69, 9.17) is 5.73 Å². The molecule has 1 aliphatic rings. The minimum atomic E-state index is -0.319. The highest BCUT2D eigenvalue weighted by molar-refractivity contribution is 5.68. The molecular weight excluding hydrogens is 203 g/mol. The van der Waals surface area contributed by atoms with Gasteiger partial charge in [0.2, 0.25) is 0 Å². The summed E-state index contributed by atoms with van der Waals surface area (Å²) in [5, 5.41) is 0. The van der Waals surface area contributed by atoms with Crippen molar-refractivity contribution < 1.29 is 4.39 Å². The van der Waals surface area contributed by atoms with Crippen molar-refractivity contribution in [2.24, 2.45) is 5.41 Å². The molecule has 2 nitrogen and oxygen atoms in total. The van der Waals surface area contributed by atoms with Crippen LogP contribution in [0.3, 0.4) is 0 Å². The Kier molecular flexibility index (Phi) is 2.78. The molecule has 1 saturated heterocycles. The normalized spacial score (nSPS) is 19.8. The topological polar surface area (TPSA) is 29.3 Å². The van der Waals surface area contributed by atoms with Gasteiger partial charge >= 0.3 is 0 Å². The molecule has 0 radical (unpaired) electrons. The zero-order valence-electron chi connectivity index (χ0n) is 9.96. The molecule has 0 bridgehead atoms. The zero-order chi connectivity index (χ0) is 11.8. The maximum Gasteiger partial charge on any atom is 0.148 e. The third-order valence-corrected chi connectivity index (χ3v) is 3.27. The molecule has 1 fully saturated rings. The van der Waals surface area contributed by atoms with Gasteiger partial charge in [0.1, 0.15) is 5.82 Å². The van der Waals surface area contributed by atoms with Crippen molar-refractivity contribution in [3.8, 4) is 0 Å². The Morgan fingerprint density at radius 2 is 2.12 bits per heavy atom. The van der Waals surface area contributed by atoms with Crippen LogP contribution in [0.1, 0.15) is 26.7 Å². The number of hydrogen-bond donors (Lipinski definition) is 1. The van der Waals surface area contributed by atoms with Crippen LogP contribution in [0.2, 0.25) is 0 Å². The second-order valence-electron chi connectivity index (χ2n) is 5.36. The molecule has 2 rings (SSSR count). The van der Waals surface area contributed by atoms with Gasteiger partial charge in [-0.05, 0) is 30.4 Å². The predicted octanol–water partition coefficient (Wildman–Crippen LogP) is 3.03. The van der Waals surface area contributed by atoms with Gasteiger partial charge in [-0.2, -0.15) is 0 Å². The number of halogens is 1. The molecule has 0 aliphatic carbocycles. The summed E-state index contributed by atoms with van der Waals surface area (Å²) in [5.74, 6) is -0.319. The molecule has 0 atom stereocenters. The minimum Gasteiger partial charge on any atom is -0.395 e. The number of nitrogens with two attached hydrogens (primary N) is 1. The van der Waals surface area contributed by atoms with Crippen molar-refractivity contribution >= 4 is 11.4 Å². The fraction of sp³-hybridized carbons (Fsp3) is 0.538. The first-order valence-electron chi connectivity index (χ1n) is 5.78. The maximum atomic E-state index is 13.4. The van der Waals surface area contributed by atoms with E-state index >= 15 is 0 Å². The highest BCUT2D eigenvalue weighted by Crippen LogP contribution is 2.34. The molecular formula is C13H19FN2. The van der Waals surface area contributed by atoms with Crippen LogP contribution in [0.4, 0.5) is 15.8 Å². The van der Waals surface area contributed by atoms with Crippen molar-refractivity contribution in [1.29, 1.82) is 0 Å². The molecule has 0 unspecified atom stereocenters. The average Bonchev–Trinajstić information content (AvgIpc) is 2.20. The van der Waals surface area contributed by atoms with Gasteiger partial charge in [0, 0.05) is 13.1 Å². The van der Waals surface area contributed by atoms with E-state index in [0.717, 1.165) is 25.2 Å². The Balaban J connectivity index is 2.27. The Morgan fingerprint density at radius 3 is 2.81 bits per heavy atom. The fourth-order valence-electron chi connectivity index (χ4n) is 2.43. The van der Waals surface area contributed by atoms with Gasteiger partial charge in [0.15, 0.2) is 0 Å². The first-order chi connectivity index (χ1) is 7.49. The van der Waals surface area contributed by atoms with Gasteiger partial charge < -0.3 is 10.6 Å². The van der Waals surface area contributed by atoms with Crippen LogP contribution in [0.15, 0.2) is 18.2 Å². The fourth-order valence-corrected chi connectivity index (χ4v) is 2.43. The first-order valence-corrected chi connectivity index (χ1v) is 5.78. The van der Waals surface area contributed by atoms with E-state index in [1.807, 2.05) is 6.07 Å². The number of rotatable bonds is 1. The van der Waals surface area contributed by atoms with Crippen LogP contribution in [-0.4, -0.2) is 13.1 Å². The van der Waals surface area contributed by atoms with Crippen molar-refractivity contribution in [1.82, 2.24) is 0 Å². The Hall–Kier alpha value is -1.25. The van der Waals surface area contributed by atoms with E-state index in [1.165, 1.54) is 12.5 Å². The molecule has 2 N–H and O–H groups in total. The van der Waals surface area contributed by atoms with Crippen molar-refractivity contribution in [2.45, 2.75) is 26.7 Å². The maximum absolute atomic E-state index is 13.4. The van der Waals surface area contributed by atoms with Crippen LogP contribution in [0.25, 0.3) is 0 Å². The largest absolute Gasteiger partial charge is 0.395 e. The summed E-state index contributed by atoms with van der Waals surface area (Å²) >= 11 is 0. The Bertz CT molecular complexity index is 388. The lowest BCUT2D eigenvalue weighted by Crippen LogP contribution is -2.40. The van der Waals surface area contributed by atoms with E-state index < -0.39 is 0 Å². The average molecular weight is 222 g/mol. The molecule has 1 aliphatic heterocycles. The highest BCUT2D eigenvalue weighted by Gasteiger charge is 2.27. The van der Waals surface area contributed by atoms with Crippen molar-refractivity contribution in [2.75, 3.05) is 23.7 Å². The number of benzene rings is 1. The zero-order valence-corrected chi connectivity index (χ0v) is 9.96. The van der Waals surface area contributed by atoms with Crippen LogP contribution in [0, 0.1) is 11.2 Å². The second kappa shape index (κ2) is 3.96. The molecule has 88 valence electrons. The highest BCUT2D eigenvalue weighted by atomic mass is 19.1. The number of para-hydroxylation sites is 1. The summed E-state index contributed by atoms with van der Waals surface area (Å²) in [4.78, 5) is 2.20. The molecule has 0 spiro atoms. The van der Waals surface area contributed by atoms with Crippen LogP contribution >= 0.6 is 0 Å². The minimum absolute atomic E-state index is 0.278. The lowest BCUT2D eigenvalue weighted by atomic mass is 9.84. The summed E-state index contributed by atoms with van der Waals surface area (Å²) in [6.45, 7) is 6.40. The number of piperidine rings is 1. The molecule has 16 heavy (non-hydrogen) atoms. The number of hydrogen-bond acceptors (Lipinski definition) is 2. The summed E-state index contributed by atoms with van der Waals surface area (Å²) in [7, 11) is 0. The van der Waals surface area contributed by atoms with Crippen molar-refractivity contribution in [3.63, 3.8) is 0 Å². The third kappa shape index (κ3) is 2.13. The van der Waals surface area contributed by atoms with E-state index in [-0.39, 0.29) is 16.9 Å². The lowest BCUT2D eigenvalue weighted by molar-refractivity contribution is 0.293. The molecule has 0 aromatic heterocycles. The molecule has 1 aromatic rings. The quantitative estimate of drug-likeness (QED) is 0.740. The number of nitrogens with zero attached hydrogens (tertiary/aromatic N) is 1. The molecule has 1 heterocycles. The van der Waals surface area contributed by atoms with Gasteiger partial charge in [0.25, 0.3) is 0 Å². The van der Waals surface area contributed by atoms with Crippen LogP contribution in [-0.2, 0) is 0 Å².